The molecular weight excluding hydrogens is 286 g/mol. The van der Waals surface area contributed by atoms with Crippen molar-refractivity contribution in [2.45, 2.75) is 32.9 Å². The van der Waals surface area contributed by atoms with Crippen LogP contribution in [0.15, 0.2) is 24.4 Å². The number of hydrogen-bond acceptors (Lipinski definition) is 3. The molecule has 0 unspecified atom stereocenters. The van der Waals surface area contributed by atoms with E-state index in [0.717, 1.165) is 48.9 Å². The topological polar surface area (TPSA) is 39.1 Å². The highest BCUT2D eigenvalue weighted by Crippen LogP contribution is 2.33. The number of hydrogen-bond donors (Lipinski definition) is 1. The van der Waals surface area contributed by atoms with E-state index in [1.807, 2.05) is 29.1 Å². The first-order chi connectivity index (χ1) is 10.3. The minimum Gasteiger partial charge on any atom is -0.493 e. The first-order valence-electron chi connectivity index (χ1n) is 7.43. The van der Waals surface area contributed by atoms with Crippen LogP contribution in [0, 0.1) is 0 Å². The van der Waals surface area contributed by atoms with Crippen molar-refractivity contribution in [3.8, 4) is 5.75 Å². The van der Waals surface area contributed by atoms with Crippen LogP contribution in [-0.4, -0.2) is 22.9 Å². The molecule has 0 spiro atoms. The van der Waals surface area contributed by atoms with Crippen molar-refractivity contribution in [1.29, 1.82) is 0 Å². The second-order valence-electron chi connectivity index (χ2n) is 5.31. The quantitative estimate of drug-likeness (QED) is 0.834. The lowest BCUT2D eigenvalue weighted by Gasteiger charge is -2.12. The van der Waals surface area contributed by atoms with Crippen molar-refractivity contribution >= 4 is 11.6 Å². The predicted molar refractivity (Wildman–Crippen MR) is 84.0 cm³/mol. The van der Waals surface area contributed by atoms with Crippen LogP contribution in [0.5, 0.6) is 5.75 Å². The van der Waals surface area contributed by atoms with Gasteiger partial charge in [0.2, 0.25) is 0 Å². The van der Waals surface area contributed by atoms with E-state index in [4.69, 9.17) is 16.3 Å². The fourth-order valence-electron chi connectivity index (χ4n) is 2.67. The molecule has 3 rings (SSSR count). The number of ether oxygens (including phenoxy) is 1. The van der Waals surface area contributed by atoms with Crippen LogP contribution in [0.25, 0.3) is 0 Å². The third kappa shape index (κ3) is 3.22. The van der Waals surface area contributed by atoms with Crippen molar-refractivity contribution in [2.24, 2.45) is 0 Å². The Morgan fingerprint density at radius 2 is 2.33 bits per heavy atom. The van der Waals surface area contributed by atoms with E-state index in [9.17, 15) is 0 Å². The summed E-state index contributed by atoms with van der Waals surface area (Å²) >= 11 is 6.21. The molecule has 0 fully saturated rings. The van der Waals surface area contributed by atoms with Gasteiger partial charge in [0.15, 0.2) is 0 Å². The molecule has 112 valence electrons. The average Bonchev–Trinajstić information content (AvgIpc) is 3.08. The second-order valence-corrected chi connectivity index (χ2v) is 5.75. The molecule has 4 nitrogen and oxygen atoms in total. The van der Waals surface area contributed by atoms with Gasteiger partial charge in [0.05, 0.1) is 18.8 Å². The molecule has 0 amide bonds. The van der Waals surface area contributed by atoms with Crippen LogP contribution >= 0.6 is 11.6 Å². The fourth-order valence-corrected chi connectivity index (χ4v) is 2.93. The SMILES string of the molecule is CCCNCc1ccnn1Cc1cc(Cl)cc2c1OCC2. The van der Waals surface area contributed by atoms with Crippen LogP contribution in [0.1, 0.15) is 30.2 Å². The van der Waals surface area contributed by atoms with Gasteiger partial charge in [-0.05, 0) is 36.7 Å². The Hall–Kier alpha value is -1.52. The molecule has 1 aromatic heterocycles. The summed E-state index contributed by atoms with van der Waals surface area (Å²) in [6.45, 7) is 5.45. The number of nitrogens with one attached hydrogen (secondary N) is 1. The van der Waals surface area contributed by atoms with Crippen LogP contribution in [0.4, 0.5) is 0 Å². The van der Waals surface area contributed by atoms with E-state index in [1.54, 1.807) is 0 Å². The number of rotatable bonds is 6. The molecule has 2 heterocycles. The summed E-state index contributed by atoms with van der Waals surface area (Å²) in [5, 5.41) is 8.60. The molecule has 1 aromatic carbocycles. The van der Waals surface area contributed by atoms with Crippen LogP contribution in [-0.2, 0) is 19.5 Å². The van der Waals surface area contributed by atoms with Crippen molar-refractivity contribution < 1.29 is 4.74 Å². The van der Waals surface area contributed by atoms with Gasteiger partial charge in [-0.15, -0.1) is 0 Å². The molecule has 1 N–H and O–H groups in total. The highest BCUT2D eigenvalue weighted by molar-refractivity contribution is 6.30. The van der Waals surface area contributed by atoms with Crippen LogP contribution in [0.3, 0.4) is 0 Å². The number of aromatic nitrogens is 2. The maximum atomic E-state index is 6.21. The van der Waals surface area contributed by atoms with Crippen molar-refractivity contribution in [3.05, 3.63) is 46.2 Å². The molecule has 0 atom stereocenters. The maximum absolute atomic E-state index is 6.21. The molecular formula is C16H20ClN3O. The van der Waals surface area contributed by atoms with Gasteiger partial charge in [-0.25, -0.2) is 0 Å². The van der Waals surface area contributed by atoms with Gasteiger partial charge in [0.1, 0.15) is 5.75 Å². The summed E-state index contributed by atoms with van der Waals surface area (Å²) in [4.78, 5) is 0. The third-order valence-corrected chi connectivity index (χ3v) is 3.90. The van der Waals surface area contributed by atoms with E-state index >= 15 is 0 Å². The number of nitrogens with zero attached hydrogens (tertiary/aromatic N) is 2. The maximum Gasteiger partial charge on any atom is 0.127 e. The zero-order valence-corrected chi connectivity index (χ0v) is 13.0. The average molecular weight is 306 g/mol. The number of fused-ring (bicyclic) bond motifs is 1. The zero-order valence-electron chi connectivity index (χ0n) is 12.2. The highest BCUT2D eigenvalue weighted by Gasteiger charge is 2.18. The normalized spacial score (nSPS) is 13.2. The van der Waals surface area contributed by atoms with E-state index < -0.39 is 0 Å². The summed E-state index contributed by atoms with van der Waals surface area (Å²) in [7, 11) is 0. The van der Waals surface area contributed by atoms with Crippen molar-refractivity contribution in [1.82, 2.24) is 15.1 Å². The molecule has 2 aromatic rings. The summed E-state index contributed by atoms with van der Waals surface area (Å²) in [5.74, 6) is 0.988. The first-order valence-corrected chi connectivity index (χ1v) is 7.81. The van der Waals surface area contributed by atoms with E-state index in [1.165, 1.54) is 11.3 Å². The molecule has 21 heavy (non-hydrogen) atoms. The third-order valence-electron chi connectivity index (χ3n) is 3.68. The molecule has 0 saturated heterocycles. The van der Waals surface area contributed by atoms with Gasteiger partial charge < -0.3 is 10.1 Å². The van der Waals surface area contributed by atoms with Crippen LogP contribution < -0.4 is 10.1 Å². The Bertz CT molecular complexity index is 624. The number of benzene rings is 1. The minimum absolute atomic E-state index is 0.693. The summed E-state index contributed by atoms with van der Waals surface area (Å²) < 4.78 is 7.77. The summed E-state index contributed by atoms with van der Waals surface area (Å²) in [6, 6.07) is 6.03. The molecule has 0 aliphatic carbocycles. The molecule has 0 saturated carbocycles. The summed E-state index contributed by atoms with van der Waals surface area (Å²) in [5.41, 5.74) is 3.49. The molecule has 1 aliphatic heterocycles. The van der Waals surface area contributed by atoms with E-state index in [2.05, 4.69) is 17.3 Å². The lowest BCUT2D eigenvalue weighted by Crippen LogP contribution is -2.18. The standard InChI is InChI=1S/C16H20ClN3O/c1-2-5-18-10-15-3-6-19-20(15)11-13-9-14(17)8-12-4-7-21-16(12)13/h3,6,8-9,18H,2,4-5,7,10-11H2,1H3. The Morgan fingerprint density at radius 3 is 3.19 bits per heavy atom. The molecule has 1 aliphatic rings. The Balaban J connectivity index is 1.80. The first kappa shape index (κ1) is 14.4. The van der Waals surface area contributed by atoms with Gasteiger partial charge in [-0.2, -0.15) is 5.10 Å². The summed E-state index contributed by atoms with van der Waals surface area (Å²) in [6.07, 6.45) is 3.91. The Morgan fingerprint density at radius 1 is 1.43 bits per heavy atom. The Labute approximate surface area is 130 Å². The highest BCUT2D eigenvalue weighted by atomic mass is 35.5. The molecule has 5 heteroatoms. The zero-order chi connectivity index (χ0) is 14.7. The van der Waals surface area contributed by atoms with Gasteiger partial charge in [0, 0.05) is 29.7 Å². The van der Waals surface area contributed by atoms with Crippen LogP contribution in [0.2, 0.25) is 5.02 Å². The number of halogens is 1. The van der Waals surface area contributed by atoms with Crippen molar-refractivity contribution in [2.75, 3.05) is 13.2 Å². The van der Waals surface area contributed by atoms with Gasteiger partial charge >= 0.3 is 0 Å². The molecule has 0 bridgehead atoms. The van der Waals surface area contributed by atoms with Crippen molar-refractivity contribution in [3.63, 3.8) is 0 Å². The lowest BCUT2D eigenvalue weighted by atomic mass is 10.1. The van der Waals surface area contributed by atoms with Gasteiger partial charge in [-0.3, -0.25) is 4.68 Å². The lowest BCUT2D eigenvalue weighted by molar-refractivity contribution is 0.352. The predicted octanol–water partition coefficient (Wildman–Crippen LogP) is 3.02. The molecule has 0 radical (unpaired) electrons. The van der Waals surface area contributed by atoms with Gasteiger partial charge in [0.25, 0.3) is 0 Å². The smallest absolute Gasteiger partial charge is 0.127 e. The van der Waals surface area contributed by atoms with Gasteiger partial charge in [-0.1, -0.05) is 18.5 Å². The second kappa shape index (κ2) is 6.50. The Kier molecular flexibility index (Phi) is 4.46. The fraction of sp³-hybridized carbons (Fsp3) is 0.438. The monoisotopic (exact) mass is 305 g/mol. The largest absolute Gasteiger partial charge is 0.493 e. The van der Waals surface area contributed by atoms with E-state index in [-0.39, 0.29) is 0 Å². The van der Waals surface area contributed by atoms with E-state index in [0.29, 0.717) is 6.54 Å². The minimum atomic E-state index is 0.693.